The largest absolute Gasteiger partial charge is 0.497 e. The smallest absolute Gasteiger partial charge is 0.118 e. The first-order valence-corrected chi connectivity index (χ1v) is 11.1. The highest BCUT2D eigenvalue weighted by Crippen LogP contribution is 2.38. The van der Waals surface area contributed by atoms with Crippen LogP contribution in [0.4, 0.5) is 0 Å². The fourth-order valence-electron chi connectivity index (χ4n) is 4.30. The molecule has 0 unspecified atom stereocenters. The molecule has 1 heterocycles. The number of piperazine rings is 1. The number of rotatable bonds is 7. The zero-order chi connectivity index (χ0) is 21.6. The van der Waals surface area contributed by atoms with Crippen LogP contribution in [-0.2, 0) is 6.54 Å². The minimum absolute atomic E-state index is 0. The third-order valence-corrected chi connectivity index (χ3v) is 6.37. The van der Waals surface area contributed by atoms with Gasteiger partial charge in [-0.2, -0.15) is 0 Å². The van der Waals surface area contributed by atoms with Crippen molar-refractivity contribution in [3.05, 3.63) is 101 Å². The van der Waals surface area contributed by atoms with E-state index in [4.69, 9.17) is 16.3 Å². The summed E-state index contributed by atoms with van der Waals surface area (Å²) in [5.41, 5.74) is 3.17. The Balaban J connectivity index is 0.00000289. The van der Waals surface area contributed by atoms with Crippen molar-refractivity contribution in [3.8, 4) is 5.75 Å². The lowest BCUT2D eigenvalue weighted by atomic mass is 9.93. The van der Waals surface area contributed by atoms with Gasteiger partial charge < -0.3 is 9.84 Å². The Kier molecular flexibility index (Phi) is 8.97. The fourth-order valence-corrected chi connectivity index (χ4v) is 4.55. The molecular weight excluding hydrogens is 443 g/mol. The van der Waals surface area contributed by atoms with Gasteiger partial charge in [0.1, 0.15) is 5.75 Å². The van der Waals surface area contributed by atoms with E-state index in [-0.39, 0.29) is 18.4 Å². The molecule has 1 N–H and O–H groups in total. The minimum atomic E-state index is -0.644. The van der Waals surface area contributed by atoms with Gasteiger partial charge in [-0.1, -0.05) is 72.3 Å². The first-order valence-electron chi connectivity index (χ1n) is 10.7. The van der Waals surface area contributed by atoms with E-state index in [1.807, 2.05) is 66.7 Å². The molecule has 170 valence electrons. The molecule has 32 heavy (non-hydrogen) atoms. The zero-order valence-electron chi connectivity index (χ0n) is 18.2. The summed E-state index contributed by atoms with van der Waals surface area (Å²) >= 11 is 6.57. The second-order valence-corrected chi connectivity index (χ2v) is 8.39. The molecule has 0 bridgehead atoms. The average Bonchev–Trinajstić information content (AvgIpc) is 2.82. The normalized spacial score (nSPS) is 16.7. The second kappa shape index (κ2) is 11.7. The molecule has 0 aliphatic carbocycles. The van der Waals surface area contributed by atoms with Gasteiger partial charge >= 0.3 is 0 Å². The number of hydrogen-bond donors (Lipinski definition) is 1. The highest BCUT2D eigenvalue weighted by atomic mass is 35.5. The van der Waals surface area contributed by atoms with Crippen LogP contribution >= 0.6 is 24.0 Å². The van der Waals surface area contributed by atoms with Crippen molar-refractivity contribution in [2.75, 3.05) is 33.3 Å². The van der Waals surface area contributed by atoms with Gasteiger partial charge in [0.05, 0.1) is 19.3 Å². The molecule has 0 saturated carbocycles. The predicted molar refractivity (Wildman–Crippen MR) is 133 cm³/mol. The molecule has 1 aliphatic heterocycles. The van der Waals surface area contributed by atoms with E-state index in [9.17, 15) is 5.11 Å². The molecule has 1 saturated heterocycles. The molecular formula is C26H30Cl2N2O2. The molecule has 4 nitrogen and oxygen atoms in total. The van der Waals surface area contributed by atoms with Gasteiger partial charge in [0.25, 0.3) is 0 Å². The van der Waals surface area contributed by atoms with Crippen molar-refractivity contribution < 1.29 is 9.84 Å². The minimum Gasteiger partial charge on any atom is -0.497 e. The number of methoxy groups -OCH3 is 1. The number of halogens is 2. The van der Waals surface area contributed by atoms with Crippen LogP contribution < -0.4 is 4.74 Å². The van der Waals surface area contributed by atoms with E-state index in [0.717, 1.165) is 49.6 Å². The summed E-state index contributed by atoms with van der Waals surface area (Å²) < 4.78 is 5.26. The molecule has 0 aromatic heterocycles. The maximum absolute atomic E-state index is 11.3. The highest BCUT2D eigenvalue weighted by molar-refractivity contribution is 6.31. The van der Waals surface area contributed by atoms with E-state index in [1.54, 1.807) is 7.11 Å². The van der Waals surface area contributed by atoms with Gasteiger partial charge in [0, 0.05) is 37.7 Å². The Morgan fingerprint density at radius 1 is 0.875 bits per heavy atom. The molecule has 0 radical (unpaired) electrons. The molecule has 1 fully saturated rings. The summed E-state index contributed by atoms with van der Waals surface area (Å²) in [6.45, 7) is 4.53. The number of aliphatic hydroxyl groups is 1. The lowest BCUT2D eigenvalue weighted by molar-refractivity contribution is 0.0149. The van der Waals surface area contributed by atoms with Crippen LogP contribution in [0.15, 0.2) is 78.9 Å². The van der Waals surface area contributed by atoms with Gasteiger partial charge in [0.2, 0.25) is 0 Å². The number of aliphatic hydroxyl groups excluding tert-OH is 1. The van der Waals surface area contributed by atoms with Crippen LogP contribution in [0.1, 0.15) is 28.8 Å². The topological polar surface area (TPSA) is 35.9 Å². The summed E-state index contributed by atoms with van der Waals surface area (Å²) in [5, 5.41) is 12.0. The summed E-state index contributed by atoms with van der Waals surface area (Å²) in [6, 6.07) is 25.8. The van der Waals surface area contributed by atoms with Crippen molar-refractivity contribution >= 4 is 24.0 Å². The Morgan fingerprint density at radius 2 is 1.50 bits per heavy atom. The lowest BCUT2D eigenvalue weighted by Crippen LogP contribution is -2.48. The van der Waals surface area contributed by atoms with E-state index >= 15 is 0 Å². The van der Waals surface area contributed by atoms with Gasteiger partial charge in [0.15, 0.2) is 0 Å². The third kappa shape index (κ3) is 5.83. The van der Waals surface area contributed by atoms with E-state index in [1.165, 1.54) is 5.56 Å². The molecule has 4 rings (SSSR count). The van der Waals surface area contributed by atoms with Crippen molar-refractivity contribution in [1.82, 2.24) is 9.80 Å². The van der Waals surface area contributed by atoms with Crippen LogP contribution in [-0.4, -0.2) is 48.2 Å². The Morgan fingerprint density at radius 3 is 2.12 bits per heavy atom. The van der Waals surface area contributed by atoms with Crippen LogP contribution in [0, 0.1) is 0 Å². The maximum Gasteiger partial charge on any atom is 0.118 e. The third-order valence-electron chi connectivity index (χ3n) is 6.03. The maximum atomic E-state index is 11.3. The van der Waals surface area contributed by atoms with Gasteiger partial charge in [-0.05, 0) is 34.9 Å². The molecule has 3 aromatic rings. The Hall–Kier alpha value is -2.08. The van der Waals surface area contributed by atoms with Gasteiger partial charge in [-0.3, -0.25) is 9.80 Å². The summed E-state index contributed by atoms with van der Waals surface area (Å²) in [5.74, 6) is 0.881. The average molecular weight is 473 g/mol. The number of ether oxygens (including phenoxy) is 1. The van der Waals surface area contributed by atoms with E-state index in [2.05, 4.69) is 21.9 Å². The van der Waals surface area contributed by atoms with E-state index in [0.29, 0.717) is 5.02 Å². The SMILES string of the molecule is COc1ccc(CN2CCN([C@H](c3ccccc3Cl)[C@H](O)c3ccccc3)CC2)cc1.Cl. The molecule has 6 heteroatoms. The van der Waals surface area contributed by atoms with Gasteiger partial charge in [-0.15, -0.1) is 12.4 Å². The van der Waals surface area contributed by atoms with Crippen LogP contribution in [0.5, 0.6) is 5.75 Å². The van der Waals surface area contributed by atoms with Crippen LogP contribution in [0.3, 0.4) is 0 Å². The molecule has 0 spiro atoms. The number of benzene rings is 3. The van der Waals surface area contributed by atoms with Crippen LogP contribution in [0.2, 0.25) is 5.02 Å². The predicted octanol–water partition coefficient (Wildman–Crippen LogP) is 5.36. The zero-order valence-corrected chi connectivity index (χ0v) is 19.8. The Labute approximate surface area is 201 Å². The molecule has 3 aromatic carbocycles. The first kappa shape index (κ1) is 24.6. The van der Waals surface area contributed by atoms with E-state index < -0.39 is 6.10 Å². The number of nitrogens with zero attached hydrogens (tertiary/aromatic N) is 2. The van der Waals surface area contributed by atoms with Gasteiger partial charge in [-0.25, -0.2) is 0 Å². The summed E-state index contributed by atoms with van der Waals surface area (Å²) in [6.07, 6.45) is -0.644. The monoisotopic (exact) mass is 472 g/mol. The molecule has 1 aliphatic rings. The number of hydrogen-bond acceptors (Lipinski definition) is 4. The first-order chi connectivity index (χ1) is 15.2. The van der Waals surface area contributed by atoms with Crippen molar-refractivity contribution in [2.24, 2.45) is 0 Å². The highest BCUT2D eigenvalue weighted by Gasteiger charge is 2.32. The fraction of sp³-hybridized carbons (Fsp3) is 0.308. The molecule has 0 amide bonds. The lowest BCUT2D eigenvalue weighted by Gasteiger charge is -2.41. The van der Waals surface area contributed by atoms with Crippen molar-refractivity contribution in [3.63, 3.8) is 0 Å². The molecule has 2 atom stereocenters. The Bertz CT molecular complexity index is 961. The van der Waals surface area contributed by atoms with Crippen molar-refractivity contribution in [2.45, 2.75) is 18.7 Å². The van der Waals surface area contributed by atoms with Crippen molar-refractivity contribution in [1.29, 1.82) is 0 Å². The summed E-state index contributed by atoms with van der Waals surface area (Å²) in [4.78, 5) is 4.82. The standard InChI is InChI=1S/C26H29ClN2O2.ClH/c1-31-22-13-11-20(12-14-22)19-28-15-17-29(18-16-28)25(23-9-5-6-10-24(23)27)26(30)21-7-3-2-4-8-21;/h2-14,25-26,30H,15-19H2,1H3;1H/t25-,26-;/m1./s1. The summed E-state index contributed by atoms with van der Waals surface area (Å²) in [7, 11) is 1.69. The van der Waals surface area contributed by atoms with Crippen LogP contribution in [0.25, 0.3) is 0 Å². The quantitative estimate of drug-likeness (QED) is 0.501. The second-order valence-electron chi connectivity index (χ2n) is 7.98.